The number of pyridine rings is 1. The summed E-state index contributed by atoms with van der Waals surface area (Å²) in [5.74, 6) is 0.307. The summed E-state index contributed by atoms with van der Waals surface area (Å²) < 4.78 is 64.3. The smallest absolute Gasteiger partial charge is 0.418 e. The number of carbonyl (C=O) groups excluding carboxylic acids is 2. The van der Waals surface area contributed by atoms with E-state index in [0.29, 0.717) is 58.6 Å². The normalized spacial score (nSPS) is 19.1. The number of aryl methyl sites for hydroxylation is 1. The largest absolute Gasteiger partial charge is 0.496 e. The summed E-state index contributed by atoms with van der Waals surface area (Å²) in [5, 5.41) is 6.56. The standard InChI is InChI=1S/C42H46ClF4N5O4/c1-50-23-32(31-21-28(44)5-7-30(31)41(50)55)27-19-35(43)33(38(20-27)56-2)24-51-15-11-25(12-16-51)3-4-26-13-17-52(18-14-26)37-9-6-29(22-34(37)42(45,46)47)48-36-8-10-39(53)49-40(36)54/h5-7,9,19-23,25-26,36,48H,3-4,8,10-18,24H2,1-2H3,(H,49,53,54). The van der Waals surface area contributed by atoms with Crippen LogP contribution in [0.1, 0.15) is 62.5 Å². The predicted molar refractivity (Wildman–Crippen MR) is 210 cm³/mol. The molecule has 3 fully saturated rings. The fourth-order valence-electron chi connectivity index (χ4n) is 8.52. The molecule has 1 aromatic heterocycles. The summed E-state index contributed by atoms with van der Waals surface area (Å²) in [7, 11) is 3.27. The van der Waals surface area contributed by atoms with Crippen molar-refractivity contribution in [3.8, 4) is 16.9 Å². The molecular formula is C42H46ClF4N5O4. The van der Waals surface area contributed by atoms with Gasteiger partial charge in [-0.1, -0.05) is 24.4 Å². The maximum Gasteiger partial charge on any atom is 0.418 e. The highest BCUT2D eigenvalue weighted by Crippen LogP contribution is 2.41. The van der Waals surface area contributed by atoms with Crippen LogP contribution in [0.2, 0.25) is 5.02 Å². The average molecular weight is 796 g/mol. The molecule has 3 saturated heterocycles. The number of hydrogen-bond acceptors (Lipinski definition) is 7. The average Bonchev–Trinajstić information content (AvgIpc) is 3.17. The van der Waals surface area contributed by atoms with Gasteiger partial charge in [0, 0.05) is 72.2 Å². The van der Waals surface area contributed by atoms with E-state index in [1.807, 2.05) is 17.0 Å². The van der Waals surface area contributed by atoms with Gasteiger partial charge in [-0.2, -0.15) is 13.2 Å². The van der Waals surface area contributed by atoms with E-state index >= 15 is 0 Å². The Balaban J connectivity index is 0.914. The molecule has 0 aliphatic carbocycles. The third kappa shape index (κ3) is 8.68. The monoisotopic (exact) mass is 795 g/mol. The minimum absolute atomic E-state index is 0.134. The molecule has 14 heteroatoms. The minimum atomic E-state index is -4.56. The van der Waals surface area contributed by atoms with Gasteiger partial charge in [0.2, 0.25) is 11.8 Å². The van der Waals surface area contributed by atoms with E-state index in [-0.39, 0.29) is 35.7 Å². The zero-order valence-corrected chi connectivity index (χ0v) is 32.2. The van der Waals surface area contributed by atoms with Crippen LogP contribution >= 0.6 is 11.6 Å². The molecule has 3 aromatic carbocycles. The predicted octanol–water partition coefficient (Wildman–Crippen LogP) is 8.15. The molecule has 2 amide bonds. The number of imide groups is 1. The van der Waals surface area contributed by atoms with Crippen LogP contribution in [0, 0.1) is 17.7 Å². The van der Waals surface area contributed by atoms with E-state index in [1.165, 1.54) is 28.8 Å². The molecule has 4 heterocycles. The van der Waals surface area contributed by atoms with Crippen LogP contribution in [0.25, 0.3) is 21.9 Å². The first-order chi connectivity index (χ1) is 26.8. The Hall–Kier alpha value is -4.62. The van der Waals surface area contributed by atoms with Crippen LogP contribution in [0.4, 0.5) is 28.9 Å². The number of amides is 2. The van der Waals surface area contributed by atoms with Gasteiger partial charge in [0.1, 0.15) is 17.6 Å². The number of alkyl halides is 3. The number of halogens is 5. The molecule has 7 rings (SSSR count). The SMILES string of the molecule is COc1cc(-c2cn(C)c(=O)c3ccc(F)cc23)cc(Cl)c1CN1CCC(CCC2CCN(c3ccc(NC4CCC(=O)NC4=O)cc3C(F)(F)F)CC2)CC1. The third-order valence-corrected chi connectivity index (χ3v) is 12.1. The molecule has 1 unspecified atom stereocenters. The Kier molecular flexibility index (Phi) is 11.6. The number of fused-ring (bicyclic) bond motifs is 1. The van der Waals surface area contributed by atoms with E-state index in [1.54, 1.807) is 26.4 Å². The first-order valence-electron chi connectivity index (χ1n) is 19.2. The first-order valence-corrected chi connectivity index (χ1v) is 19.6. The van der Waals surface area contributed by atoms with Gasteiger partial charge in [0.15, 0.2) is 0 Å². The molecule has 4 aromatic rings. The number of hydrogen-bond donors (Lipinski definition) is 2. The van der Waals surface area contributed by atoms with E-state index in [9.17, 15) is 31.9 Å². The Morgan fingerprint density at radius 2 is 1.59 bits per heavy atom. The Morgan fingerprint density at radius 3 is 2.25 bits per heavy atom. The van der Waals surface area contributed by atoms with Gasteiger partial charge in [-0.3, -0.25) is 24.6 Å². The van der Waals surface area contributed by atoms with E-state index < -0.39 is 29.5 Å². The van der Waals surface area contributed by atoms with Gasteiger partial charge in [0.25, 0.3) is 5.56 Å². The van der Waals surface area contributed by atoms with Gasteiger partial charge in [-0.25, -0.2) is 4.39 Å². The van der Waals surface area contributed by atoms with Gasteiger partial charge in [-0.05, 0) is 117 Å². The molecular weight excluding hydrogens is 750 g/mol. The van der Waals surface area contributed by atoms with Crippen molar-refractivity contribution in [3.63, 3.8) is 0 Å². The highest BCUT2D eigenvalue weighted by atomic mass is 35.5. The van der Waals surface area contributed by atoms with Crippen molar-refractivity contribution in [2.75, 3.05) is 43.5 Å². The fourth-order valence-corrected chi connectivity index (χ4v) is 8.79. The number of piperidine rings is 3. The minimum Gasteiger partial charge on any atom is -0.496 e. The van der Waals surface area contributed by atoms with Crippen LogP contribution in [-0.4, -0.2) is 60.6 Å². The van der Waals surface area contributed by atoms with Crippen molar-refractivity contribution in [3.05, 3.63) is 87.0 Å². The second kappa shape index (κ2) is 16.5. The van der Waals surface area contributed by atoms with Crippen molar-refractivity contribution >= 4 is 45.6 Å². The highest BCUT2D eigenvalue weighted by molar-refractivity contribution is 6.32. The lowest BCUT2D eigenvalue weighted by Gasteiger charge is -2.37. The van der Waals surface area contributed by atoms with Gasteiger partial charge >= 0.3 is 6.18 Å². The molecule has 0 radical (unpaired) electrons. The summed E-state index contributed by atoms with van der Waals surface area (Å²) in [4.78, 5) is 40.5. The van der Waals surface area contributed by atoms with E-state index in [0.717, 1.165) is 68.8 Å². The number of anilines is 2. The summed E-state index contributed by atoms with van der Waals surface area (Å²) in [5.41, 5.74) is 1.69. The number of nitrogens with one attached hydrogen (secondary N) is 2. The van der Waals surface area contributed by atoms with Crippen LogP contribution in [0.15, 0.2) is 59.5 Å². The molecule has 0 spiro atoms. The number of carbonyl (C=O) groups is 2. The van der Waals surface area contributed by atoms with Crippen LogP contribution in [0.5, 0.6) is 5.75 Å². The second-order valence-corrected chi connectivity index (χ2v) is 15.8. The van der Waals surface area contributed by atoms with E-state index in [2.05, 4.69) is 15.5 Å². The maximum absolute atomic E-state index is 14.3. The number of aromatic nitrogens is 1. The molecule has 0 saturated carbocycles. The second-order valence-electron chi connectivity index (χ2n) is 15.4. The third-order valence-electron chi connectivity index (χ3n) is 11.7. The van der Waals surface area contributed by atoms with Crippen LogP contribution in [0.3, 0.4) is 0 Å². The van der Waals surface area contributed by atoms with Gasteiger partial charge in [0.05, 0.1) is 12.7 Å². The lowest BCUT2D eigenvalue weighted by atomic mass is 9.85. The van der Waals surface area contributed by atoms with Crippen molar-refractivity contribution in [2.24, 2.45) is 18.9 Å². The number of rotatable bonds is 10. The van der Waals surface area contributed by atoms with E-state index in [4.69, 9.17) is 16.3 Å². The zero-order chi connectivity index (χ0) is 39.7. The number of nitrogens with zero attached hydrogens (tertiary/aromatic N) is 3. The Bertz CT molecular complexity index is 2180. The van der Waals surface area contributed by atoms with Crippen molar-refractivity contribution in [2.45, 2.75) is 70.1 Å². The number of ether oxygens (including phenoxy) is 1. The summed E-state index contributed by atoms with van der Waals surface area (Å²) in [6.45, 7) is 3.52. The Morgan fingerprint density at radius 1 is 0.893 bits per heavy atom. The highest BCUT2D eigenvalue weighted by Gasteiger charge is 2.37. The summed E-state index contributed by atoms with van der Waals surface area (Å²) in [6, 6.07) is 11.3. The summed E-state index contributed by atoms with van der Waals surface area (Å²) in [6.07, 6.45) is 3.35. The van der Waals surface area contributed by atoms with Crippen molar-refractivity contribution < 1.29 is 31.9 Å². The summed E-state index contributed by atoms with van der Waals surface area (Å²) >= 11 is 6.90. The molecule has 3 aliphatic heterocycles. The first kappa shape index (κ1) is 39.6. The molecule has 9 nitrogen and oxygen atoms in total. The Labute approximate surface area is 327 Å². The quantitative estimate of drug-likeness (QED) is 0.124. The van der Waals surface area contributed by atoms with Crippen LogP contribution in [-0.2, 0) is 29.4 Å². The molecule has 1 atom stereocenters. The molecule has 56 heavy (non-hydrogen) atoms. The lowest BCUT2D eigenvalue weighted by Crippen LogP contribution is -2.47. The molecule has 0 bridgehead atoms. The number of benzene rings is 3. The molecule has 2 N–H and O–H groups in total. The maximum atomic E-state index is 14.3. The van der Waals surface area contributed by atoms with Crippen molar-refractivity contribution in [1.82, 2.24) is 14.8 Å². The molecule has 298 valence electrons. The molecule has 3 aliphatic rings. The lowest BCUT2D eigenvalue weighted by molar-refractivity contribution is -0.137. The zero-order valence-electron chi connectivity index (χ0n) is 31.5. The number of likely N-dealkylation sites (tertiary alicyclic amines) is 1. The topological polar surface area (TPSA) is 95.9 Å². The van der Waals surface area contributed by atoms with Crippen molar-refractivity contribution in [1.29, 1.82) is 0 Å². The fraction of sp³-hybridized carbons (Fsp3) is 0.452. The number of methoxy groups -OCH3 is 1. The van der Waals surface area contributed by atoms with Gasteiger partial charge < -0.3 is 19.5 Å². The van der Waals surface area contributed by atoms with Gasteiger partial charge in [-0.15, -0.1) is 0 Å². The van der Waals surface area contributed by atoms with Crippen LogP contribution < -0.4 is 25.8 Å².